The lowest BCUT2D eigenvalue weighted by Crippen LogP contribution is -2.52. The third-order valence-corrected chi connectivity index (χ3v) is 5.11. The molecule has 1 unspecified atom stereocenters. The molecule has 0 saturated carbocycles. The maximum absolute atomic E-state index is 14.0. The average molecular weight is 410 g/mol. The van der Waals surface area contributed by atoms with Crippen molar-refractivity contribution in [1.82, 2.24) is 9.55 Å². The number of halogens is 4. The number of fused-ring (bicyclic) bond motifs is 1. The maximum atomic E-state index is 14.0. The Labute approximate surface area is 165 Å². The molecule has 0 aliphatic carbocycles. The number of ether oxygens (including phenoxy) is 1. The molecule has 0 aliphatic heterocycles. The molecule has 0 radical (unpaired) electrons. The third kappa shape index (κ3) is 4.07. The summed E-state index contributed by atoms with van der Waals surface area (Å²) in [5.74, 6) is -0.334. The van der Waals surface area contributed by atoms with E-state index in [0.29, 0.717) is 11.0 Å². The zero-order chi connectivity index (χ0) is 21.4. The predicted molar refractivity (Wildman–Crippen MR) is 101 cm³/mol. The second-order valence-corrected chi connectivity index (χ2v) is 7.79. The van der Waals surface area contributed by atoms with E-state index < -0.39 is 36.0 Å². The van der Waals surface area contributed by atoms with Gasteiger partial charge in [0.2, 0.25) is 0 Å². The Hall–Kier alpha value is -2.61. The molecule has 1 aromatic carbocycles. The van der Waals surface area contributed by atoms with Crippen LogP contribution in [0.4, 0.5) is 17.6 Å². The Morgan fingerprint density at radius 3 is 2.52 bits per heavy atom. The molecular formula is C21H22F4N2O2. The number of rotatable bonds is 6. The minimum atomic E-state index is -4.92. The quantitative estimate of drug-likeness (QED) is 0.592. The topological polar surface area (TPSA) is 47.3 Å². The zero-order valence-corrected chi connectivity index (χ0v) is 16.3. The van der Waals surface area contributed by atoms with Crippen LogP contribution in [0.15, 0.2) is 48.8 Å². The monoisotopic (exact) mass is 410 g/mol. The van der Waals surface area contributed by atoms with Gasteiger partial charge in [0, 0.05) is 23.3 Å². The number of aromatic nitrogens is 2. The molecule has 0 amide bonds. The summed E-state index contributed by atoms with van der Waals surface area (Å²) >= 11 is 0. The van der Waals surface area contributed by atoms with Gasteiger partial charge in [-0.2, -0.15) is 13.2 Å². The molecule has 0 bridgehead atoms. The van der Waals surface area contributed by atoms with Crippen LogP contribution < -0.4 is 4.74 Å². The van der Waals surface area contributed by atoms with Crippen molar-refractivity contribution >= 4 is 11.0 Å². The molecule has 0 spiro atoms. The lowest BCUT2D eigenvalue weighted by atomic mass is 9.74. The van der Waals surface area contributed by atoms with Crippen LogP contribution in [0, 0.1) is 5.82 Å². The van der Waals surface area contributed by atoms with Gasteiger partial charge in [-0.05, 0) is 48.2 Å². The first-order chi connectivity index (χ1) is 13.5. The van der Waals surface area contributed by atoms with Gasteiger partial charge in [0.25, 0.3) is 0 Å². The van der Waals surface area contributed by atoms with Gasteiger partial charge in [0.1, 0.15) is 17.2 Å². The minimum absolute atomic E-state index is 0.248. The molecule has 156 valence electrons. The first-order valence-corrected chi connectivity index (χ1v) is 9.00. The molecule has 3 aromatic rings. The van der Waals surface area contributed by atoms with E-state index >= 15 is 0 Å². The number of pyridine rings is 1. The predicted octanol–water partition coefficient (Wildman–Crippen LogP) is 4.85. The number of methoxy groups -OCH3 is 1. The van der Waals surface area contributed by atoms with Crippen LogP contribution in [-0.4, -0.2) is 33.5 Å². The number of aliphatic hydroxyl groups is 1. The number of hydrogen-bond donors (Lipinski definition) is 1. The van der Waals surface area contributed by atoms with E-state index in [1.165, 1.54) is 50.1 Å². The average Bonchev–Trinajstić information content (AvgIpc) is 3.03. The number of nitrogens with zero attached hydrogens (tertiary/aromatic N) is 2. The molecule has 0 aliphatic rings. The van der Waals surface area contributed by atoms with Gasteiger partial charge in [-0.3, -0.25) is 0 Å². The number of hydrogen-bond acceptors (Lipinski definition) is 3. The van der Waals surface area contributed by atoms with Crippen molar-refractivity contribution in [2.24, 2.45) is 0 Å². The van der Waals surface area contributed by atoms with Gasteiger partial charge >= 0.3 is 6.18 Å². The normalized spacial score (nSPS) is 14.8. The smallest absolute Gasteiger partial charge is 0.418 e. The summed E-state index contributed by atoms with van der Waals surface area (Å²) in [6.07, 6.45) is -2.68. The standard InChI is InChI=1S/C21H22F4N2O2/c1-19(2,16-11-15(22)6-7-17(16)29-3)12-20(28,21(23,24)25)13-27-10-8-14-5-4-9-26-18(14)27/h4-11,28H,12-13H2,1-3H3. The molecule has 0 saturated heterocycles. The Kier molecular flexibility index (Phi) is 5.34. The van der Waals surface area contributed by atoms with Crippen molar-refractivity contribution in [3.63, 3.8) is 0 Å². The largest absolute Gasteiger partial charge is 0.496 e. The summed E-state index contributed by atoms with van der Waals surface area (Å²) in [7, 11) is 1.36. The first kappa shape index (κ1) is 21.1. The van der Waals surface area contributed by atoms with Gasteiger partial charge in [-0.1, -0.05) is 13.8 Å². The summed E-state index contributed by atoms with van der Waals surface area (Å²) in [5, 5.41) is 11.5. The molecule has 4 nitrogen and oxygen atoms in total. The summed E-state index contributed by atoms with van der Waals surface area (Å²) in [4.78, 5) is 4.12. The maximum Gasteiger partial charge on any atom is 0.418 e. The molecule has 1 N–H and O–H groups in total. The molecule has 0 fully saturated rings. The fraction of sp³-hybridized carbons (Fsp3) is 0.381. The van der Waals surface area contributed by atoms with Gasteiger partial charge in [-0.25, -0.2) is 9.37 Å². The minimum Gasteiger partial charge on any atom is -0.496 e. The van der Waals surface area contributed by atoms with Crippen molar-refractivity contribution in [2.75, 3.05) is 7.11 Å². The summed E-state index contributed by atoms with van der Waals surface area (Å²) in [6.45, 7) is 2.30. The third-order valence-electron chi connectivity index (χ3n) is 5.11. The van der Waals surface area contributed by atoms with Crippen LogP contribution in [0.2, 0.25) is 0 Å². The van der Waals surface area contributed by atoms with E-state index in [4.69, 9.17) is 4.74 Å². The van der Waals surface area contributed by atoms with Crippen molar-refractivity contribution in [3.8, 4) is 5.75 Å². The highest BCUT2D eigenvalue weighted by Gasteiger charge is 2.56. The zero-order valence-electron chi connectivity index (χ0n) is 16.3. The highest BCUT2D eigenvalue weighted by molar-refractivity contribution is 5.75. The van der Waals surface area contributed by atoms with E-state index in [1.807, 2.05) is 0 Å². The van der Waals surface area contributed by atoms with Crippen LogP contribution in [-0.2, 0) is 12.0 Å². The van der Waals surface area contributed by atoms with Crippen molar-refractivity contribution < 1.29 is 27.4 Å². The highest BCUT2D eigenvalue weighted by Crippen LogP contribution is 2.44. The molecule has 29 heavy (non-hydrogen) atoms. The van der Waals surface area contributed by atoms with Crippen LogP contribution >= 0.6 is 0 Å². The summed E-state index contributed by atoms with van der Waals surface area (Å²) < 4.78 is 62.3. The van der Waals surface area contributed by atoms with Gasteiger partial charge in [0.05, 0.1) is 13.7 Å². The van der Waals surface area contributed by atoms with Crippen LogP contribution in [0.5, 0.6) is 5.75 Å². The summed E-state index contributed by atoms with van der Waals surface area (Å²) in [6, 6.07) is 8.73. The highest BCUT2D eigenvalue weighted by atomic mass is 19.4. The SMILES string of the molecule is COc1ccc(F)cc1C(C)(C)CC(O)(Cn1ccc2cccnc21)C(F)(F)F. The van der Waals surface area contributed by atoms with E-state index in [-0.39, 0.29) is 11.3 Å². The fourth-order valence-corrected chi connectivity index (χ4v) is 3.71. The second-order valence-electron chi connectivity index (χ2n) is 7.79. The number of alkyl halides is 3. The van der Waals surface area contributed by atoms with Gasteiger partial charge in [0.15, 0.2) is 5.60 Å². The first-order valence-electron chi connectivity index (χ1n) is 9.00. The van der Waals surface area contributed by atoms with Crippen molar-refractivity contribution in [2.45, 2.75) is 44.0 Å². The number of benzene rings is 1. The molecule has 2 aromatic heterocycles. The second kappa shape index (κ2) is 7.33. The Morgan fingerprint density at radius 2 is 1.86 bits per heavy atom. The Morgan fingerprint density at radius 1 is 1.14 bits per heavy atom. The molecular weight excluding hydrogens is 388 g/mol. The van der Waals surface area contributed by atoms with Gasteiger partial charge in [-0.15, -0.1) is 0 Å². The van der Waals surface area contributed by atoms with Gasteiger partial charge < -0.3 is 14.4 Å². The Bertz CT molecular complexity index is 1010. The lowest BCUT2D eigenvalue weighted by molar-refractivity contribution is -0.271. The molecule has 1 atom stereocenters. The van der Waals surface area contributed by atoms with E-state index in [9.17, 15) is 22.7 Å². The Balaban J connectivity index is 2.02. The van der Waals surface area contributed by atoms with E-state index in [2.05, 4.69) is 4.98 Å². The van der Waals surface area contributed by atoms with Crippen LogP contribution in [0.25, 0.3) is 11.0 Å². The van der Waals surface area contributed by atoms with Crippen LogP contribution in [0.3, 0.4) is 0 Å². The lowest BCUT2D eigenvalue weighted by Gasteiger charge is -2.38. The van der Waals surface area contributed by atoms with Crippen molar-refractivity contribution in [3.05, 3.63) is 60.2 Å². The van der Waals surface area contributed by atoms with Crippen molar-refractivity contribution in [1.29, 1.82) is 0 Å². The van der Waals surface area contributed by atoms with Crippen LogP contribution in [0.1, 0.15) is 25.8 Å². The fourth-order valence-electron chi connectivity index (χ4n) is 3.71. The molecule has 8 heteroatoms. The molecule has 2 heterocycles. The van der Waals surface area contributed by atoms with E-state index in [1.54, 1.807) is 18.2 Å². The summed E-state index contributed by atoms with van der Waals surface area (Å²) in [5.41, 5.74) is -3.72. The molecule has 3 rings (SSSR count). The van der Waals surface area contributed by atoms with E-state index in [0.717, 1.165) is 6.07 Å².